The van der Waals surface area contributed by atoms with Crippen LogP contribution >= 0.6 is 26.5 Å². The summed E-state index contributed by atoms with van der Waals surface area (Å²) in [6.07, 6.45) is 3.78. The van der Waals surface area contributed by atoms with Crippen LogP contribution in [0.2, 0.25) is 0 Å². The molecule has 1 aliphatic rings. The second-order valence-electron chi connectivity index (χ2n) is 9.50. The summed E-state index contributed by atoms with van der Waals surface area (Å²) in [6.45, 7) is 9.38. The molecule has 0 atom stereocenters. The smallest absolute Gasteiger partial charge is 0.0253 e. The van der Waals surface area contributed by atoms with E-state index >= 15 is 0 Å². The Morgan fingerprint density at radius 3 is 2.18 bits per heavy atom. The minimum atomic E-state index is -0.556. The number of halogens is 2. The van der Waals surface area contributed by atoms with Gasteiger partial charge < -0.3 is 0 Å². The molecule has 5 rings (SSSR count). The van der Waals surface area contributed by atoms with E-state index in [2.05, 4.69) is 107 Å². The van der Waals surface area contributed by atoms with Gasteiger partial charge >= 0.3 is 35.6 Å². The topological polar surface area (TPSA) is 0 Å². The van der Waals surface area contributed by atoms with Crippen LogP contribution in [0, 0.1) is 17.9 Å². The first kappa shape index (κ1) is 27.6. The van der Waals surface area contributed by atoms with Crippen molar-refractivity contribution in [1.29, 1.82) is 0 Å². The Morgan fingerprint density at radius 1 is 0.882 bits per heavy atom. The van der Waals surface area contributed by atoms with Crippen LogP contribution in [0.25, 0.3) is 21.9 Å². The number of fused-ring (bicyclic) bond motifs is 4. The van der Waals surface area contributed by atoms with Crippen LogP contribution in [-0.4, -0.2) is 12.3 Å². The van der Waals surface area contributed by atoms with Gasteiger partial charge in [-0.3, -0.25) is 0 Å². The summed E-state index contributed by atoms with van der Waals surface area (Å²) < 4.78 is 0. The first-order chi connectivity index (χ1) is 16.4. The molecule has 0 spiro atoms. The maximum atomic E-state index is 4.89. The Labute approximate surface area is 223 Å². The molecule has 0 saturated carbocycles. The van der Waals surface area contributed by atoms with E-state index in [4.69, 9.17) is 18.6 Å². The zero-order valence-corrected chi connectivity index (χ0v) is 24.5. The van der Waals surface area contributed by atoms with Gasteiger partial charge in [-0.25, -0.2) is 0 Å². The fraction of sp³-hybridized carbons (Fsp3) is 0.300. The summed E-state index contributed by atoms with van der Waals surface area (Å²) in [5.74, 6) is 1.60. The number of hydrogen-bond acceptors (Lipinski definition) is 0. The molecule has 0 saturated heterocycles. The zero-order chi connectivity index (χ0) is 24.5. The molecule has 34 heavy (non-hydrogen) atoms. The molecule has 0 fully saturated rings. The van der Waals surface area contributed by atoms with Gasteiger partial charge in [0.2, 0.25) is 0 Å². The van der Waals surface area contributed by atoms with E-state index in [-0.39, 0.29) is 7.92 Å². The zero-order valence-electron chi connectivity index (χ0n) is 20.5. The molecule has 0 N–H and O–H groups in total. The minimum absolute atomic E-state index is 0.0185. The van der Waals surface area contributed by atoms with Crippen LogP contribution in [0.15, 0.2) is 78.9 Å². The molecule has 0 aliphatic heterocycles. The predicted octanol–water partition coefficient (Wildman–Crippen LogP) is 9.41. The van der Waals surface area contributed by atoms with E-state index in [1.165, 1.54) is 45.4 Å². The molecule has 0 unspecified atom stereocenters. The summed E-state index contributed by atoms with van der Waals surface area (Å²) in [4.78, 5) is 0. The van der Waals surface area contributed by atoms with Crippen molar-refractivity contribution < 1.29 is 17.0 Å². The first-order valence-corrected chi connectivity index (χ1v) is 17.9. The van der Waals surface area contributed by atoms with Crippen molar-refractivity contribution >= 4 is 42.6 Å². The van der Waals surface area contributed by atoms with Crippen LogP contribution in [0.1, 0.15) is 38.8 Å². The Kier molecular flexibility index (Phi) is 11.3. The maximum Gasteiger partial charge on any atom is -0.0253 e. The molecule has 0 aromatic heterocycles. The first-order valence-electron chi connectivity index (χ1n) is 11.9. The fourth-order valence-electron chi connectivity index (χ4n) is 4.48. The van der Waals surface area contributed by atoms with Crippen molar-refractivity contribution in [1.82, 2.24) is 0 Å². The SMILES string of the molecule is CC(C)CP(CC(C)C)c1cc2ccccc2[cH-]1.[Cl][Ti][Cl].[c-]1cccc2c1Cc1ccccc1-2. The number of hydrogen-bond donors (Lipinski definition) is 0. The normalized spacial score (nSPS) is 11.6. The third-order valence-electron chi connectivity index (χ3n) is 5.76. The van der Waals surface area contributed by atoms with Gasteiger partial charge in [-0.1, -0.05) is 77.1 Å². The standard InChI is InChI=1S/C17H24P.C13H9.2ClH.Ti/c1-13(2)11-18(12-14(3)4)17-9-15-7-5-6-8-16(15)10-17;1-3-7-12-10(5-1)9-11-6-2-4-8-13(11)12;;;/h5-10,13-14H,11-12H2,1-4H3;1-5,7-8H,9H2;2*1H;/q2*-1;;;+2/p-2. The Bertz CT molecular complexity index is 1080. The van der Waals surface area contributed by atoms with Gasteiger partial charge in [0, 0.05) is 0 Å². The third kappa shape index (κ3) is 7.75. The van der Waals surface area contributed by atoms with E-state index < -0.39 is 17.0 Å². The molecule has 4 aromatic carbocycles. The fourth-order valence-corrected chi connectivity index (χ4v) is 7.46. The quantitative estimate of drug-likeness (QED) is 0.118. The van der Waals surface area contributed by atoms with Crippen LogP contribution in [0.4, 0.5) is 0 Å². The summed E-state index contributed by atoms with van der Waals surface area (Å²) in [6, 6.07) is 31.7. The van der Waals surface area contributed by atoms with Crippen molar-refractivity contribution in [2.24, 2.45) is 11.8 Å². The Hall–Kier alpha value is -1.01. The molecular formula is C30H33Cl2PTi-2. The summed E-state index contributed by atoms with van der Waals surface area (Å²) in [7, 11) is 9.80. The largest absolute Gasteiger partial charge is 0.179 e. The van der Waals surface area contributed by atoms with Crippen molar-refractivity contribution in [2.45, 2.75) is 34.1 Å². The minimum Gasteiger partial charge on any atom is -0.179 e. The second-order valence-corrected chi connectivity index (χ2v) is 14.4. The third-order valence-corrected chi connectivity index (χ3v) is 9.09. The van der Waals surface area contributed by atoms with Crippen molar-refractivity contribution in [3.63, 3.8) is 0 Å². The van der Waals surface area contributed by atoms with Gasteiger partial charge in [-0.2, -0.15) is 35.9 Å². The van der Waals surface area contributed by atoms with E-state index in [1.54, 1.807) is 5.30 Å². The van der Waals surface area contributed by atoms with Gasteiger partial charge in [0.05, 0.1) is 0 Å². The average Bonchev–Trinajstić information content (AvgIpc) is 3.41. The average molecular weight is 543 g/mol. The van der Waals surface area contributed by atoms with Crippen molar-refractivity contribution in [3.05, 3.63) is 96.1 Å². The number of rotatable bonds is 5. The molecule has 0 bridgehead atoms. The molecule has 1 aliphatic carbocycles. The molecule has 0 heterocycles. The van der Waals surface area contributed by atoms with Crippen molar-refractivity contribution in [3.8, 4) is 11.1 Å². The van der Waals surface area contributed by atoms with Gasteiger partial charge in [0.25, 0.3) is 0 Å². The van der Waals surface area contributed by atoms with Crippen molar-refractivity contribution in [2.75, 3.05) is 12.3 Å². The van der Waals surface area contributed by atoms with E-state index in [0.29, 0.717) is 0 Å². The Balaban J connectivity index is 0.000000177. The van der Waals surface area contributed by atoms with Gasteiger partial charge in [0.1, 0.15) is 0 Å². The van der Waals surface area contributed by atoms with Gasteiger partial charge in [-0.05, 0) is 30.6 Å². The van der Waals surface area contributed by atoms with E-state index in [9.17, 15) is 0 Å². The molecule has 0 radical (unpaired) electrons. The van der Waals surface area contributed by atoms with Crippen LogP contribution in [-0.2, 0) is 23.5 Å². The van der Waals surface area contributed by atoms with Crippen LogP contribution in [0.3, 0.4) is 0 Å². The molecule has 178 valence electrons. The Morgan fingerprint density at radius 2 is 1.50 bits per heavy atom. The van der Waals surface area contributed by atoms with E-state index in [1.807, 2.05) is 6.07 Å². The maximum absolute atomic E-state index is 4.89. The summed E-state index contributed by atoms with van der Waals surface area (Å²) >= 11 is -0.556. The monoisotopic (exact) mass is 542 g/mol. The second kappa shape index (κ2) is 13.9. The van der Waals surface area contributed by atoms with Crippen LogP contribution in [0.5, 0.6) is 0 Å². The predicted molar refractivity (Wildman–Crippen MR) is 151 cm³/mol. The summed E-state index contributed by atoms with van der Waals surface area (Å²) in [5, 5.41) is 4.42. The number of benzene rings is 3. The molecule has 0 nitrogen and oxygen atoms in total. The van der Waals surface area contributed by atoms with Gasteiger partial charge in [0.15, 0.2) is 0 Å². The van der Waals surface area contributed by atoms with E-state index in [0.717, 1.165) is 18.3 Å². The van der Waals surface area contributed by atoms with Gasteiger partial charge in [-0.15, -0.1) is 45.9 Å². The summed E-state index contributed by atoms with van der Waals surface area (Å²) in [5.41, 5.74) is 5.51. The molecular weight excluding hydrogens is 510 g/mol. The molecule has 4 aromatic rings. The molecule has 4 heteroatoms. The molecule has 0 amide bonds. The van der Waals surface area contributed by atoms with Crippen LogP contribution < -0.4 is 5.30 Å².